The van der Waals surface area contributed by atoms with E-state index in [0.717, 1.165) is 137 Å². The minimum absolute atomic E-state index is 0.00789. The van der Waals surface area contributed by atoms with Crippen molar-refractivity contribution in [1.29, 1.82) is 0 Å². The minimum atomic E-state index is -0.876. The number of aromatic nitrogens is 10. The Morgan fingerprint density at radius 3 is 1.40 bits per heavy atom. The summed E-state index contributed by atoms with van der Waals surface area (Å²) in [5.41, 5.74) is 11.9. The van der Waals surface area contributed by atoms with Crippen molar-refractivity contribution < 1.29 is 61.8 Å². The molecule has 14 rings (SSSR count). The third-order valence-electron chi connectivity index (χ3n) is 22.0. The predicted molar refractivity (Wildman–Crippen MR) is 490 cm³/mol. The Hall–Kier alpha value is -12.1. The zero-order valence-electron chi connectivity index (χ0n) is 75.3. The van der Waals surface area contributed by atoms with Crippen LogP contribution >= 0.6 is 11.6 Å². The minimum Gasteiger partial charge on any atom is -0.497 e. The number of aryl methyl sites for hydroxylation is 1. The van der Waals surface area contributed by atoms with Crippen molar-refractivity contribution in [2.45, 2.75) is 204 Å². The van der Waals surface area contributed by atoms with E-state index in [-0.39, 0.29) is 55.7 Å². The van der Waals surface area contributed by atoms with Crippen LogP contribution in [0.2, 0.25) is 5.02 Å². The molecule has 0 bridgehead atoms. The number of carbonyl (C=O) groups is 4. The molecular formula is C101H117ClN10O13. The van der Waals surface area contributed by atoms with Gasteiger partial charge in [0.15, 0.2) is 23.1 Å². The Balaban J connectivity index is 0.000000162. The van der Waals surface area contributed by atoms with Gasteiger partial charge in [0, 0.05) is 39.7 Å². The summed E-state index contributed by atoms with van der Waals surface area (Å²) >= 11 is 6.38. The highest BCUT2D eigenvalue weighted by atomic mass is 35.5. The first-order valence-corrected chi connectivity index (χ1v) is 42.8. The maximum atomic E-state index is 12.1. The number of nitrogens with zero attached hydrogens (tertiary/aromatic N) is 10. The molecule has 0 spiro atoms. The van der Waals surface area contributed by atoms with Gasteiger partial charge in [-0.05, 0) is 229 Å². The number of Topliss-reactive ketones (excluding diaryl/α,β-unsaturated/α-hetero) is 4. The van der Waals surface area contributed by atoms with E-state index < -0.39 is 22.4 Å². The number of rotatable bonds is 36. The number of para-hydroxylation sites is 4. The lowest BCUT2D eigenvalue weighted by Crippen LogP contribution is -2.35. The fourth-order valence-corrected chi connectivity index (χ4v) is 13.3. The molecule has 0 saturated heterocycles. The summed E-state index contributed by atoms with van der Waals surface area (Å²) in [5.74, 6) is 4.39. The number of hydrogen-bond donors (Lipinski definition) is 0. The highest BCUT2D eigenvalue weighted by Gasteiger charge is 2.33. The van der Waals surface area contributed by atoms with Gasteiger partial charge in [0.25, 0.3) is 0 Å². The molecule has 8 aromatic carbocycles. The molecule has 23 nitrogen and oxygen atoms in total. The summed E-state index contributed by atoms with van der Waals surface area (Å²) in [6, 6.07) is 71.4. The molecule has 1 saturated carbocycles. The number of halogens is 1. The molecule has 0 unspecified atom stereocenters. The molecular weight excluding hydrogens is 1600 g/mol. The van der Waals surface area contributed by atoms with Gasteiger partial charge in [-0.25, -0.2) is 14.0 Å². The lowest BCUT2D eigenvalue weighted by Gasteiger charge is -2.25. The first-order chi connectivity index (χ1) is 59.7. The molecule has 1 aliphatic carbocycles. The second-order valence-corrected chi connectivity index (χ2v) is 33.5. The molecule has 656 valence electrons. The van der Waals surface area contributed by atoms with Gasteiger partial charge in [0.1, 0.15) is 56.8 Å². The van der Waals surface area contributed by atoms with Crippen LogP contribution in [0.25, 0.3) is 73.0 Å². The Morgan fingerprint density at radius 1 is 0.464 bits per heavy atom. The number of benzene rings is 8. The van der Waals surface area contributed by atoms with E-state index in [9.17, 15) is 19.2 Å². The highest BCUT2D eigenvalue weighted by molar-refractivity contribution is 6.31. The maximum absolute atomic E-state index is 12.1. The summed E-state index contributed by atoms with van der Waals surface area (Å²) in [5, 5.41) is 25.4. The summed E-state index contributed by atoms with van der Waals surface area (Å²) in [6.07, 6.45) is 5.63. The second-order valence-electron chi connectivity index (χ2n) is 33.1. The number of carbonyl (C=O) groups excluding carboxylic acids is 4. The van der Waals surface area contributed by atoms with E-state index in [1.165, 1.54) is 13.8 Å². The van der Waals surface area contributed by atoms with Crippen molar-refractivity contribution in [3.05, 3.63) is 258 Å². The third-order valence-corrected chi connectivity index (χ3v) is 22.4. The van der Waals surface area contributed by atoms with Crippen molar-refractivity contribution in [3.8, 4) is 90.8 Å². The summed E-state index contributed by atoms with van der Waals surface area (Å²) < 4.78 is 62.0. The van der Waals surface area contributed by atoms with Gasteiger partial charge in [0.2, 0.25) is 0 Å². The predicted octanol–water partition coefficient (Wildman–Crippen LogP) is 21.5. The van der Waals surface area contributed by atoms with E-state index in [0.29, 0.717) is 48.7 Å². The van der Waals surface area contributed by atoms with Crippen LogP contribution < -0.4 is 23.7 Å². The number of fused-ring (bicyclic) bond motifs is 1. The van der Waals surface area contributed by atoms with Gasteiger partial charge in [-0.1, -0.05) is 148 Å². The second kappa shape index (κ2) is 42.0. The van der Waals surface area contributed by atoms with Gasteiger partial charge < -0.3 is 42.6 Å². The Morgan fingerprint density at radius 2 is 0.896 bits per heavy atom. The van der Waals surface area contributed by atoms with Crippen LogP contribution in [0.5, 0.6) is 28.7 Å². The molecule has 0 aliphatic heterocycles. The maximum Gasteiger partial charge on any atom is 0.161 e. The molecule has 5 aromatic heterocycles. The molecule has 1 fully saturated rings. The lowest BCUT2D eigenvalue weighted by molar-refractivity contribution is -0.143. The van der Waals surface area contributed by atoms with Crippen molar-refractivity contribution in [2.75, 3.05) is 20.8 Å². The molecule has 1 aliphatic rings. The van der Waals surface area contributed by atoms with Crippen LogP contribution in [-0.4, -0.2) is 127 Å². The van der Waals surface area contributed by atoms with E-state index in [2.05, 4.69) is 31.1 Å². The Labute approximate surface area is 738 Å². The topological polar surface area (TPSA) is 240 Å². The van der Waals surface area contributed by atoms with Crippen LogP contribution in [0.15, 0.2) is 225 Å². The highest BCUT2D eigenvalue weighted by Crippen LogP contribution is 2.38. The number of hydrogen-bond acceptors (Lipinski definition) is 18. The molecule has 24 heteroatoms. The fourth-order valence-electron chi connectivity index (χ4n) is 13.1. The van der Waals surface area contributed by atoms with Crippen molar-refractivity contribution in [3.63, 3.8) is 0 Å². The molecule has 2 atom stereocenters. The van der Waals surface area contributed by atoms with Crippen LogP contribution in [0, 0.1) is 5.92 Å². The average molecular weight is 1710 g/mol. The van der Waals surface area contributed by atoms with Gasteiger partial charge in [-0.2, -0.15) is 25.5 Å². The summed E-state index contributed by atoms with van der Waals surface area (Å²) in [4.78, 5) is 47.7. The van der Waals surface area contributed by atoms with Gasteiger partial charge in [0.05, 0.1) is 135 Å². The zero-order chi connectivity index (χ0) is 89.9. The molecule has 125 heavy (non-hydrogen) atoms. The normalized spacial score (nSPS) is 13.0. The van der Waals surface area contributed by atoms with E-state index in [4.69, 9.17) is 74.6 Å². The Kier molecular flexibility index (Phi) is 31.5. The lowest BCUT2D eigenvalue weighted by atomic mass is 9.99. The molecule has 0 radical (unpaired) electrons. The molecule has 0 N–H and O–H groups in total. The number of methoxy groups -OCH3 is 2. The monoisotopic (exact) mass is 1710 g/mol. The first-order valence-electron chi connectivity index (χ1n) is 42.4. The quantitative estimate of drug-likeness (QED) is 0.0354. The van der Waals surface area contributed by atoms with E-state index in [1.807, 2.05) is 284 Å². The molecule has 13 aromatic rings. The SMILES string of the molecule is CC(=O)C(C)(C)OCc1cc(-c2cccc(OCC(C)C)c2)n(-c2ccccc2)n1.CC[C@@](C)(OCc1cc(-c2cccc(OC3CC3)c2)n(-c2cccc3cnn(C)c23)n1)C(C)=O.CC[C@](C)(OCc1cc(-c2cccc(OC)c2)n(Cc2ccccc2Cl)n1)C(C)=O.COc1cccc(-c2cc(COC(C)(C)C(C)=O)nn2-c2ccccc2OC(C)C)c1. The van der Waals surface area contributed by atoms with Crippen molar-refractivity contribution in [2.24, 2.45) is 13.0 Å². The number of ether oxygens (including phenoxy) is 9. The first kappa shape index (κ1) is 93.6. The van der Waals surface area contributed by atoms with Crippen molar-refractivity contribution in [1.82, 2.24) is 48.9 Å². The van der Waals surface area contributed by atoms with Crippen LogP contribution in [0.4, 0.5) is 0 Å². The van der Waals surface area contributed by atoms with Gasteiger partial charge in [-0.15, -0.1) is 0 Å². The van der Waals surface area contributed by atoms with Crippen LogP contribution in [0.3, 0.4) is 0 Å². The van der Waals surface area contributed by atoms with Crippen molar-refractivity contribution >= 4 is 45.6 Å². The van der Waals surface area contributed by atoms with Crippen LogP contribution in [-0.2, 0) is 78.1 Å². The van der Waals surface area contributed by atoms with Gasteiger partial charge >= 0.3 is 0 Å². The average Bonchev–Trinajstić information content (AvgIpc) is 1.63. The van der Waals surface area contributed by atoms with E-state index in [1.54, 1.807) is 55.8 Å². The van der Waals surface area contributed by atoms with E-state index >= 15 is 0 Å². The molecule has 0 amide bonds. The summed E-state index contributed by atoms with van der Waals surface area (Å²) in [7, 11) is 5.22. The smallest absolute Gasteiger partial charge is 0.161 e. The molecule has 5 heterocycles. The fraction of sp³-hybridized carbons (Fsp3) is 0.356. The zero-order valence-corrected chi connectivity index (χ0v) is 76.1. The standard InChI is InChI=1S/C27H30N4O3.C25H30N2O4.C25H30N2O3.C24H27ClN2O3/c1-5-27(3,18(2)32)33-17-21-15-25(19-8-6-10-23(14-19)34-22-12-13-22)31(29-21)24-11-7-9-20-16-28-30(4)26(20)24;1-17(2)31-24-13-8-7-12-22(24)27-23(19-10-9-11-21(14-19)29-6)15-20(26-27)16-30-25(4,5)18(3)28;1-18(2)16-29-23-13-9-10-20(14-23)24-15-21(17-30-25(4,5)19(3)28)26-27(24)22-11-7-6-8-12-22;1-5-24(3,17(2)28)30-16-20-14-23(18-10-8-11-21(13-18)29-4)27(26-20)15-19-9-6-7-12-22(19)25/h6-11,14-16,22H,5,12-13,17H2,1-4H3;7-15,17H,16H2,1-6H3;6-15,18H,16-17H2,1-5H3;6-14H,5,15-16H2,1-4H3/t27-;;;24-/m1..0/s1. The largest absolute Gasteiger partial charge is 0.497 e. The third kappa shape index (κ3) is 24.5. The Bertz CT molecular complexity index is 5830. The van der Waals surface area contributed by atoms with Crippen LogP contribution in [0.1, 0.15) is 165 Å². The number of ketones is 4. The summed E-state index contributed by atoms with van der Waals surface area (Å²) in [6.45, 7) is 31.2. The van der Waals surface area contributed by atoms with Gasteiger partial charge in [-0.3, -0.25) is 28.5 Å².